The number of rotatable bonds is 5. The largest absolute Gasteiger partial charge is 0.384 e. The summed E-state index contributed by atoms with van der Waals surface area (Å²) >= 11 is 12.0. The second kappa shape index (κ2) is 6.25. The first-order valence-electron chi connectivity index (χ1n) is 6.31. The van der Waals surface area contributed by atoms with Crippen LogP contribution in [0.1, 0.15) is 6.92 Å². The molecular weight excluding hydrogens is 333 g/mol. The van der Waals surface area contributed by atoms with Crippen molar-refractivity contribution in [1.82, 2.24) is 9.78 Å². The normalized spacial score (nSPS) is 11.8. The molecule has 2 rings (SSSR count). The van der Waals surface area contributed by atoms with E-state index >= 15 is 0 Å². The quantitative estimate of drug-likeness (QED) is 0.901. The molecule has 0 fully saturated rings. The van der Waals surface area contributed by atoms with Gasteiger partial charge < -0.3 is 5.73 Å². The predicted octanol–water partition coefficient (Wildman–Crippen LogP) is 2.87. The summed E-state index contributed by atoms with van der Waals surface area (Å²) in [7, 11) is -3.06. The molecule has 114 valence electrons. The first-order chi connectivity index (χ1) is 9.82. The van der Waals surface area contributed by atoms with Crippen molar-refractivity contribution in [3.63, 3.8) is 0 Å². The molecule has 1 aromatic heterocycles. The van der Waals surface area contributed by atoms with E-state index in [4.69, 9.17) is 28.9 Å². The molecule has 0 radical (unpaired) electrons. The number of halogens is 2. The van der Waals surface area contributed by atoms with E-state index in [2.05, 4.69) is 5.10 Å². The van der Waals surface area contributed by atoms with Crippen LogP contribution in [0.2, 0.25) is 10.0 Å². The zero-order valence-corrected chi connectivity index (χ0v) is 13.7. The van der Waals surface area contributed by atoms with Gasteiger partial charge in [0.25, 0.3) is 0 Å². The molecule has 0 bridgehead atoms. The van der Waals surface area contributed by atoms with E-state index in [0.717, 1.165) is 0 Å². The lowest BCUT2D eigenvalue weighted by molar-refractivity contribution is 0.583. The van der Waals surface area contributed by atoms with Crippen molar-refractivity contribution in [3.05, 3.63) is 34.3 Å². The average molecular weight is 348 g/mol. The lowest BCUT2D eigenvalue weighted by Crippen LogP contribution is -2.16. The van der Waals surface area contributed by atoms with Gasteiger partial charge in [-0.05, 0) is 18.2 Å². The molecule has 1 heterocycles. The SMILES string of the molecule is CCS(=O)(=O)CCn1nc(-c2ccc(Cl)cc2Cl)cc1N. The van der Waals surface area contributed by atoms with Crippen LogP contribution in [0, 0.1) is 0 Å². The lowest BCUT2D eigenvalue weighted by atomic mass is 10.1. The second-order valence-electron chi connectivity index (χ2n) is 4.54. The van der Waals surface area contributed by atoms with E-state index in [0.29, 0.717) is 27.1 Å². The minimum absolute atomic E-state index is 0.00314. The standard InChI is InChI=1S/C13H15Cl2N3O2S/c1-2-21(19,20)6-5-18-13(16)8-12(17-18)10-4-3-9(14)7-11(10)15/h3-4,7-8H,2,5-6,16H2,1H3. The Kier molecular flexibility index (Phi) is 4.81. The highest BCUT2D eigenvalue weighted by Gasteiger charge is 2.13. The molecule has 2 aromatic rings. The summed E-state index contributed by atoms with van der Waals surface area (Å²) in [6, 6.07) is 6.74. The van der Waals surface area contributed by atoms with Gasteiger partial charge in [0.1, 0.15) is 5.82 Å². The maximum absolute atomic E-state index is 11.5. The Morgan fingerprint density at radius 2 is 2.00 bits per heavy atom. The summed E-state index contributed by atoms with van der Waals surface area (Å²) in [6.45, 7) is 1.83. The molecule has 0 spiro atoms. The van der Waals surface area contributed by atoms with Crippen LogP contribution in [0.5, 0.6) is 0 Å². The van der Waals surface area contributed by atoms with Crippen molar-refractivity contribution in [2.75, 3.05) is 17.2 Å². The first-order valence-corrected chi connectivity index (χ1v) is 8.89. The molecule has 0 aliphatic carbocycles. The Labute approximate surface area is 133 Å². The van der Waals surface area contributed by atoms with Crippen molar-refractivity contribution in [2.45, 2.75) is 13.5 Å². The second-order valence-corrected chi connectivity index (χ2v) is 7.85. The number of aryl methyl sites for hydroxylation is 1. The van der Waals surface area contributed by atoms with Crippen LogP contribution in [-0.4, -0.2) is 29.7 Å². The number of nitrogens with two attached hydrogens (primary N) is 1. The van der Waals surface area contributed by atoms with Gasteiger partial charge in [0.2, 0.25) is 0 Å². The fourth-order valence-corrected chi connectivity index (χ4v) is 3.05. The maximum atomic E-state index is 11.5. The van der Waals surface area contributed by atoms with Gasteiger partial charge in [0.05, 0.1) is 23.0 Å². The monoisotopic (exact) mass is 347 g/mol. The fraction of sp³-hybridized carbons (Fsp3) is 0.308. The Bertz CT molecular complexity index is 757. The maximum Gasteiger partial charge on any atom is 0.151 e. The summed E-state index contributed by atoms with van der Waals surface area (Å²) in [5.41, 5.74) is 7.15. The van der Waals surface area contributed by atoms with Crippen LogP contribution in [0.3, 0.4) is 0 Å². The molecular formula is C13H15Cl2N3O2S. The predicted molar refractivity (Wildman–Crippen MR) is 86.4 cm³/mol. The number of nitrogens with zero attached hydrogens (tertiary/aromatic N) is 2. The number of sulfone groups is 1. The highest BCUT2D eigenvalue weighted by molar-refractivity contribution is 7.91. The van der Waals surface area contributed by atoms with Crippen LogP contribution >= 0.6 is 23.2 Å². The molecule has 21 heavy (non-hydrogen) atoms. The van der Waals surface area contributed by atoms with Crippen molar-refractivity contribution in [2.24, 2.45) is 0 Å². The van der Waals surface area contributed by atoms with Gasteiger partial charge in [-0.15, -0.1) is 0 Å². The Balaban J connectivity index is 2.27. The minimum Gasteiger partial charge on any atom is -0.384 e. The van der Waals surface area contributed by atoms with E-state index in [-0.39, 0.29) is 18.1 Å². The summed E-state index contributed by atoms with van der Waals surface area (Å²) in [4.78, 5) is 0. The molecule has 2 N–H and O–H groups in total. The molecule has 5 nitrogen and oxygen atoms in total. The molecule has 0 aliphatic heterocycles. The van der Waals surface area contributed by atoms with E-state index in [1.807, 2.05) is 0 Å². The Morgan fingerprint density at radius 3 is 2.62 bits per heavy atom. The average Bonchev–Trinajstić information content (AvgIpc) is 2.78. The third kappa shape index (κ3) is 3.90. The molecule has 8 heteroatoms. The number of hydrogen-bond donors (Lipinski definition) is 1. The molecule has 0 amide bonds. The van der Waals surface area contributed by atoms with Crippen LogP contribution < -0.4 is 5.73 Å². The first kappa shape index (κ1) is 16.1. The minimum atomic E-state index is -3.06. The van der Waals surface area contributed by atoms with Gasteiger partial charge in [0, 0.05) is 22.4 Å². The molecule has 0 aliphatic rings. The zero-order valence-electron chi connectivity index (χ0n) is 11.4. The lowest BCUT2D eigenvalue weighted by Gasteiger charge is -2.04. The molecule has 1 aromatic carbocycles. The van der Waals surface area contributed by atoms with Gasteiger partial charge in [-0.25, -0.2) is 13.1 Å². The van der Waals surface area contributed by atoms with Crippen molar-refractivity contribution >= 4 is 38.9 Å². The summed E-state index contributed by atoms with van der Waals surface area (Å²) in [5, 5.41) is 5.31. The van der Waals surface area contributed by atoms with Crippen molar-refractivity contribution < 1.29 is 8.42 Å². The Hall–Kier alpha value is -1.24. The molecule has 0 saturated carbocycles. The van der Waals surface area contributed by atoms with E-state index in [9.17, 15) is 8.42 Å². The third-order valence-corrected chi connectivity index (χ3v) is 5.30. The topological polar surface area (TPSA) is 78.0 Å². The van der Waals surface area contributed by atoms with E-state index < -0.39 is 9.84 Å². The number of aromatic nitrogens is 2. The van der Waals surface area contributed by atoms with E-state index in [1.54, 1.807) is 31.2 Å². The van der Waals surface area contributed by atoms with Gasteiger partial charge in [-0.3, -0.25) is 0 Å². The van der Waals surface area contributed by atoms with Crippen LogP contribution in [-0.2, 0) is 16.4 Å². The van der Waals surface area contributed by atoms with Gasteiger partial charge in [-0.2, -0.15) is 5.10 Å². The fourth-order valence-electron chi connectivity index (χ4n) is 1.81. The van der Waals surface area contributed by atoms with Crippen molar-refractivity contribution in [3.8, 4) is 11.3 Å². The van der Waals surface area contributed by atoms with Crippen molar-refractivity contribution in [1.29, 1.82) is 0 Å². The van der Waals surface area contributed by atoms with E-state index in [1.165, 1.54) is 4.68 Å². The highest BCUT2D eigenvalue weighted by atomic mass is 35.5. The number of nitrogen functional groups attached to an aromatic ring is 1. The van der Waals surface area contributed by atoms with Crippen LogP contribution in [0.15, 0.2) is 24.3 Å². The number of benzene rings is 1. The van der Waals surface area contributed by atoms with Gasteiger partial charge in [-0.1, -0.05) is 30.1 Å². The molecule has 0 atom stereocenters. The van der Waals surface area contributed by atoms with Crippen LogP contribution in [0.25, 0.3) is 11.3 Å². The number of hydrogen-bond acceptors (Lipinski definition) is 4. The van der Waals surface area contributed by atoms with Gasteiger partial charge >= 0.3 is 0 Å². The molecule has 0 saturated heterocycles. The number of anilines is 1. The summed E-state index contributed by atoms with van der Waals surface area (Å²) in [5.74, 6) is 0.495. The molecule has 0 unspecified atom stereocenters. The zero-order chi connectivity index (χ0) is 15.6. The summed E-state index contributed by atoms with van der Waals surface area (Å²) in [6.07, 6.45) is 0. The highest BCUT2D eigenvalue weighted by Crippen LogP contribution is 2.30. The Morgan fingerprint density at radius 1 is 1.29 bits per heavy atom. The van der Waals surface area contributed by atoms with Crippen LogP contribution in [0.4, 0.5) is 5.82 Å². The summed E-state index contributed by atoms with van der Waals surface area (Å²) < 4.78 is 24.5. The third-order valence-electron chi connectivity index (χ3n) is 3.07. The van der Waals surface area contributed by atoms with Gasteiger partial charge in [0.15, 0.2) is 9.84 Å². The smallest absolute Gasteiger partial charge is 0.151 e.